The lowest BCUT2D eigenvalue weighted by Gasteiger charge is -2.42. The van der Waals surface area contributed by atoms with Gasteiger partial charge in [-0.05, 0) is 153 Å². The van der Waals surface area contributed by atoms with Crippen molar-refractivity contribution in [2.75, 3.05) is 52.6 Å². The highest BCUT2D eigenvalue weighted by Crippen LogP contribution is 2.41. The van der Waals surface area contributed by atoms with E-state index in [0.717, 1.165) is 34.3 Å². The van der Waals surface area contributed by atoms with E-state index in [0.29, 0.717) is 110 Å². The number of rotatable bonds is 20. The van der Waals surface area contributed by atoms with E-state index in [9.17, 15) is 28.0 Å². The second kappa shape index (κ2) is 28.0. The van der Waals surface area contributed by atoms with E-state index in [1.165, 1.54) is 24.3 Å². The smallest absolute Gasteiger partial charge is 0.410 e. The molecule has 6 aromatic rings. The van der Waals surface area contributed by atoms with Crippen molar-refractivity contribution in [1.29, 1.82) is 0 Å². The molecule has 0 aliphatic carbocycles. The summed E-state index contributed by atoms with van der Waals surface area (Å²) in [6.45, 7) is 32.7. The molecule has 2 fully saturated rings. The van der Waals surface area contributed by atoms with Crippen LogP contribution < -0.4 is 11.4 Å². The van der Waals surface area contributed by atoms with Gasteiger partial charge in [-0.25, -0.2) is 28.0 Å². The predicted octanol–water partition coefficient (Wildman–Crippen LogP) is 15.0. The van der Waals surface area contributed by atoms with E-state index >= 15 is 0 Å². The minimum absolute atomic E-state index is 0.130. The van der Waals surface area contributed by atoms with Gasteiger partial charge in [0.05, 0.1) is 47.5 Å². The number of piperidine rings is 2. The molecule has 8 rings (SSSR count). The van der Waals surface area contributed by atoms with Crippen molar-refractivity contribution in [2.45, 2.75) is 180 Å². The summed E-state index contributed by atoms with van der Waals surface area (Å²) < 4.78 is 67.0. The minimum atomic E-state index is -1.28. The van der Waals surface area contributed by atoms with Gasteiger partial charge < -0.3 is 48.2 Å². The van der Waals surface area contributed by atoms with Crippen molar-refractivity contribution in [1.82, 2.24) is 28.9 Å². The van der Waals surface area contributed by atoms with E-state index in [4.69, 9.17) is 51.6 Å². The largest absolute Gasteiger partial charge is 0.444 e. The van der Waals surface area contributed by atoms with Gasteiger partial charge in [-0.1, -0.05) is 86.7 Å². The second-order valence-electron chi connectivity index (χ2n) is 27.6. The summed E-state index contributed by atoms with van der Waals surface area (Å²) in [5.74, 6) is -0.614. The number of amides is 2. The van der Waals surface area contributed by atoms with Crippen LogP contribution in [0.5, 0.6) is 0 Å². The van der Waals surface area contributed by atoms with Crippen LogP contribution in [0.15, 0.2) is 82.4 Å². The molecule has 2 aliphatic heterocycles. The molecule has 0 spiro atoms. The van der Waals surface area contributed by atoms with Gasteiger partial charge in [0.2, 0.25) is 0 Å². The molecule has 2 N–H and O–H groups in total. The van der Waals surface area contributed by atoms with Crippen LogP contribution in [0.1, 0.15) is 116 Å². The van der Waals surface area contributed by atoms with Crippen molar-refractivity contribution >= 4 is 73.6 Å². The van der Waals surface area contributed by atoms with E-state index in [-0.39, 0.29) is 48.7 Å². The summed E-state index contributed by atoms with van der Waals surface area (Å²) in [4.78, 5) is 60.7. The van der Waals surface area contributed by atoms with Gasteiger partial charge in [0.25, 0.3) is 0 Å². The number of carbonyl (C=O) groups excluding carboxylic acids is 2. The first kappa shape index (κ1) is 68.2. The van der Waals surface area contributed by atoms with Gasteiger partial charge in [0.1, 0.15) is 36.3 Å². The van der Waals surface area contributed by atoms with Crippen molar-refractivity contribution in [3.05, 3.63) is 138 Å². The molecular formula is C64H90Cl2F2N6O10Si2. The molecule has 86 heavy (non-hydrogen) atoms. The van der Waals surface area contributed by atoms with Gasteiger partial charge in [0.15, 0.2) is 0 Å². The zero-order chi connectivity index (χ0) is 63.2. The Hall–Kier alpha value is -5.33. The van der Waals surface area contributed by atoms with Crippen LogP contribution in [0.2, 0.25) is 61.4 Å². The molecule has 2 atom stereocenters. The molecule has 4 aromatic carbocycles. The van der Waals surface area contributed by atoms with Crippen LogP contribution in [0, 0.1) is 11.6 Å². The lowest BCUT2D eigenvalue weighted by atomic mass is 9.73. The highest BCUT2D eigenvalue weighted by Gasteiger charge is 2.41. The third-order valence-corrected chi connectivity index (χ3v) is 19.8. The molecule has 2 unspecified atom stereocenters. The van der Waals surface area contributed by atoms with Gasteiger partial charge in [-0.15, -0.1) is 0 Å². The first-order valence-corrected chi connectivity index (χ1v) is 38.0. The number of H-pyrrole nitrogens is 2. The Bertz CT molecular complexity index is 3380. The molecule has 16 nitrogen and oxygen atoms in total. The third-order valence-electron chi connectivity index (χ3n) is 15.9. The van der Waals surface area contributed by atoms with E-state index < -0.39 is 50.4 Å². The first-order chi connectivity index (χ1) is 40.1. The first-order valence-electron chi connectivity index (χ1n) is 29.8. The van der Waals surface area contributed by atoms with Crippen LogP contribution in [-0.2, 0) is 52.7 Å². The number of imidazole rings is 2. The normalized spacial score (nSPS) is 16.4. The Morgan fingerprint density at radius 1 is 0.593 bits per heavy atom. The fourth-order valence-electron chi connectivity index (χ4n) is 10.8. The number of carbonyl (C=O) groups is 2. The van der Waals surface area contributed by atoms with Gasteiger partial charge in [-0.3, -0.25) is 9.13 Å². The van der Waals surface area contributed by atoms with Crippen molar-refractivity contribution in [3.8, 4) is 0 Å². The maximum atomic E-state index is 13.9. The monoisotopic (exact) mass is 1270 g/mol. The number of halogens is 4. The molecule has 0 radical (unpaired) electrons. The van der Waals surface area contributed by atoms with Crippen LogP contribution in [0.4, 0.5) is 18.4 Å². The zero-order valence-corrected chi connectivity index (χ0v) is 56.3. The topological polar surface area (TPSA) is 172 Å². The number of hydrogen-bond donors (Lipinski definition) is 2. The Morgan fingerprint density at radius 2 is 0.988 bits per heavy atom. The van der Waals surface area contributed by atoms with Crippen LogP contribution in [-0.4, -0.2) is 121 Å². The molecule has 0 saturated carbocycles. The average Bonchev–Trinajstić information content (AvgIpc) is 2.47. The number of aromatic amines is 2. The molecular weight excluding hydrogens is 1180 g/mol. The van der Waals surface area contributed by atoms with Crippen LogP contribution >= 0.6 is 23.2 Å². The molecule has 472 valence electrons. The summed E-state index contributed by atoms with van der Waals surface area (Å²) in [5.41, 5.74) is 3.50. The molecule has 22 heteroatoms. The number of hydrogen-bond acceptors (Lipinski definition) is 10. The standard InChI is InChI=1S/2C32H45ClFN3O5Si/c1-22(26-18-24(33)19-27-28(26)35-29(38)37(27)21-40-16-17-43(5,6)7)41-20-32(23-8-10-25(34)11-9-23)12-14-36(15-13-32)30(39)42-31(2,3)4;1-22(26-18-24(33)19-27-28(26)37(29(38)35-27)21-40-16-17-43(5,6)7)41-20-32(23-8-10-25(34)11-9-23)12-14-36(15-13-32)30(39)42-31(2,3)4/h2*8-11,18-19,22H,12-17,20-21H2,1-7H3,(H,35,38). The summed E-state index contributed by atoms with van der Waals surface area (Å²) in [5, 5.41) is 0.983. The summed E-state index contributed by atoms with van der Waals surface area (Å²) in [7, 11) is -2.54. The number of benzene rings is 4. The molecule has 2 amide bonds. The average molecular weight is 1270 g/mol. The Balaban J connectivity index is 0.000000246. The lowest BCUT2D eigenvalue weighted by molar-refractivity contribution is -0.00964. The number of aromatic nitrogens is 4. The molecule has 0 bridgehead atoms. The SMILES string of the molecule is CC(OCC1(c2ccc(F)cc2)CCN(C(=O)OC(C)(C)C)CC1)c1cc(Cl)cc2[nH]c(=O)n(COCC[Si](C)(C)C)c12.CC(OCC1(c2ccc(F)cc2)CCN(C(=O)OC(C)(C)C)CC1)c1cc(Cl)cc2c1[nH]c(=O)n2COCC[Si](C)(C)C. The zero-order valence-electron chi connectivity index (χ0n) is 52.8. The molecule has 2 aromatic heterocycles. The molecule has 2 aliphatic rings. The fourth-order valence-corrected chi connectivity index (χ4v) is 12.7. The molecule has 4 heterocycles. The summed E-state index contributed by atoms with van der Waals surface area (Å²) in [6.07, 6.45) is 0.967. The predicted molar refractivity (Wildman–Crippen MR) is 342 cm³/mol. The summed E-state index contributed by atoms with van der Waals surface area (Å²) in [6, 6.07) is 22.2. The summed E-state index contributed by atoms with van der Waals surface area (Å²) >= 11 is 13.0. The van der Waals surface area contributed by atoms with Crippen LogP contribution in [0.3, 0.4) is 0 Å². The number of nitrogens with zero attached hydrogens (tertiary/aromatic N) is 4. The minimum Gasteiger partial charge on any atom is -0.444 e. The number of likely N-dealkylation sites (tertiary alicyclic amines) is 2. The fraction of sp³-hybridized carbons (Fsp3) is 0.562. The maximum Gasteiger partial charge on any atom is 0.410 e. The number of ether oxygens (including phenoxy) is 6. The third kappa shape index (κ3) is 18.4. The van der Waals surface area contributed by atoms with Gasteiger partial charge >= 0.3 is 23.6 Å². The molecule has 2 saturated heterocycles. The van der Waals surface area contributed by atoms with Gasteiger partial charge in [-0.2, -0.15) is 0 Å². The maximum absolute atomic E-state index is 13.9. The number of fused-ring (bicyclic) bond motifs is 2. The highest BCUT2D eigenvalue weighted by atomic mass is 35.5. The van der Waals surface area contributed by atoms with Crippen molar-refractivity contribution < 1.29 is 46.8 Å². The second-order valence-corrected chi connectivity index (χ2v) is 39.7. The van der Waals surface area contributed by atoms with Crippen molar-refractivity contribution in [3.63, 3.8) is 0 Å². The van der Waals surface area contributed by atoms with Crippen LogP contribution in [0.25, 0.3) is 22.1 Å². The Labute approximate surface area is 517 Å². The number of nitrogens with one attached hydrogen (secondary N) is 2. The Morgan fingerprint density at radius 3 is 1.42 bits per heavy atom. The lowest BCUT2D eigenvalue weighted by Crippen LogP contribution is -2.48. The van der Waals surface area contributed by atoms with E-state index in [1.807, 2.05) is 67.5 Å². The van der Waals surface area contributed by atoms with Crippen molar-refractivity contribution in [2.24, 2.45) is 0 Å². The van der Waals surface area contributed by atoms with E-state index in [2.05, 4.69) is 49.3 Å². The van der Waals surface area contributed by atoms with Gasteiger partial charge in [0, 0.05) is 87.5 Å². The quantitative estimate of drug-likeness (QED) is 0.0554. The van der Waals surface area contributed by atoms with E-state index in [1.54, 1.807) is 55.3 Å². The Kier molecular flexibility index (Phi) is 22.2. The highest BCUT2D eigenvalue weighted by molar-refractivity contribution is 6.76.